The van der Waals surface area contributed by atoms with Crippen molar-refractivity contribution >= 4 is 23.3 Å². The summed E-state index contributed by atoms with van der Waals surface area (Å²) in [5, 5.41) is 2.67. The normalized spacial score (nSPS) is 16.6. The summed E-state index contributed by atoms with van der Waals surface area (Å²) in [4.78, 5) is 35.7. The van der Waals surface area contributed by atoms with Gasteiger partial charge >= 0.3 is 5.97 Å². The molecule has 19 heavy (non-hydrogen) atoms. The minimum absolute atomic E-state index is 0.270. The van der Waals surface area contributed by atoms with E-state index in [2.05, 4.69) is 5.32 Å². The summed E-state index contributed by atoms with van der Waals surface area (Å²) < 4.78 is 4.89. The number of Topliss-reactive ketones (excluding diaryl/α,β-unsaturated/α-hetero) is 1. The van der Waals surface area contributed by atoms with Gasteiger partial charge in [-0.1, -0.05) is 0 Å². The molecule has 2 rings (SSSR count). The molecule has 0 fully saturated rings. The number of fused-ring (bicyclic) bond motifs is 1. The van der Waals surface area contributed by atoms with Crippen molar-refractivity contribution in [2.75, 3.05) is 11.9 Å². The van der Waals surface area contributed by atoms with Gasteiger partial charge in [0.2, 0.25) is 5.91 Å². The van der Waals surface area contributed by atoms with Gasteiger partial charge in [-0.3, -0.25) is 9.59 Å². The number of rotatable bonds is 2. The number of esters is 1. The van der Waals surface area contributed by atoms with Crippen LogP contribution in [0.25, 0.3) is 0 Å². The summed E-state index contributed by atoms with van der Waals surface area (Å²) in [6.07, 6.45) is 0. The fraction of sp³-hybridized carbons (Fsp3) is 0.357. The molecule has 0 aliphatic carbocycles. The summed E-state index contributed by atoms with van der Waals surface area (Å²) in [6.45, 7) is 5.10. The summed E-state index contributed by atoms with van der Waals surface area (Å²) >= 11 is 0. The zero-order chi connectivity index (χ0) is 14.2. The van der Waals surface area contributed by atoms with E-state index in [4.69, 9.17) is 4.74 Å². The lowest BCUT2D eigenvalue weighted by Gasteiger charge is -2.29. The average Bonchev–Trinajstić information content (AvgIpc) is 2.37. The second kappa shape index (κ2) is 4.50. The Kier molecular flexibility index (Phi) is 3.14. The first kappa shape index (κ1) is 13.3. The zero-order valence-electron chi connectivity index (χ0n) is 11.1. The number of hydrogen-bond acceptors (Lipinski definition) is 4. The van der Waals surface area contributed by atoms with Gasteiger partial charge in [-0.15, -0.1) is 0 Å². The third kappa shape index (κ3) is 2.12. The number of nitrogens with one attached hydrogen (secondary N) is 1. The van der Waals surface area contributed by atoms with Crippen LogP contribution in [-0.2, 0) is 9.53 Å². The quantitative estimate of drug-likeness (QED) is 0.653. The molecule has 1 heterocycles. The van der Waals surface area contributed by atoms with E-state index in [-0.39, 0.29) is 18.3 Å². The number of carbonyl (C=O) groups excluding carboxylic acids is 3. The molecule has 5 nitrogen and oxygen atoms in total. The average molecular weight is 261 g/mol. The van der Waals surface area contributed by atoms with E-state index in [1.165, 1.54) is 12.1 Å². The maximum Gasteiger partial charge on any atom is 0.338 e. The predicted octanol–water partition coefficient (Wildman–Crippen LogP) is 2.02. The largest absolute Gasteiger partial charge is 0.462 e. The number of ether oxygens (including phenoxy) is 1. The number of ketones is 1. The Hall–Kier alpha value is -2.17. The monoisotopic (exact) mass is 261 g/mol. The Balaban J connectivity index is 2.46. The van der Waals surface area contributed by atoms with Gasteiger partial charge in [0.1, 0.15) is 5.41 Å². The smallest absolute Gasteiger partial charge is 0.338 e. The van der Waals surface area contributed by atoms with E-state index in [0.29, 0.717) is 16.8 Å². The number of carbonyl (C=O) groups is 3. The summed E-state index contributed by atoms with van der Waals surface area (Å²) in [5.74, 6) is -1.11. The van der Waals surface area contributed by atoms with Crippen LogP contribution in [0.15, 0.2) is 18.2 Å². The lowest BCUT2D eigenvalue weighted by atomic mass is 9.79. The number of benzene rings is 1. The topological polar surface area (TPSA) is 72.5 Å². The molecule has 0 bridgehead atoms. The summed E-state index contributed by atoms with van der Waals surface area (Å²) in [6, 6.07) is 4.55. The highest BCUT2D eigenvalue weighted by atomic mass is 16.5. The molecule has 0 saturated carbocycles. The van der Waals surface area contributed by atoms with Gasteiger partial charge in [-0.05, 0) is 39.0 Å². The lowest BCUT2D eigenvalue weighted by Crippen LogP contribution is -2.42. The Morgan fingerprint density at radius 3 is 2.63 bits per heavy atom. The molecule has 1 aromatic carbocycles. The van der Waals surface area contributed by atoms with Crippen LogP contribution in [0.5, 0.6) is 0 Å². The van der Waals surface area contributed by atoms with Crippen LogP contribution in [0.4, 0.5) is 5.69 Å². The molecule has 0 saturated heterocycles. The molecule has 100 valence electrons. The standard InChI is InChI=1S/C14H15NO4/c1-4-19-12(17)8-5-6-10-9(7-8)11(16)14(2,3)13(18)15-10/h5-7H,4H2,1-3H3,(H,15,18). The van der Waals surface area contributed by atoms with Gasteiger partial charge in [0, 0.05) is 5.56 Å². The third-order valence-electron chi connectivity index (χ3n) is 3.16. The molecule has 1 N–H and O–H groups in total. The summed E-state index contributed by atoms with van der Waals surface area (Å²) in [5.41, 5.74) is -0.0428. The Morgan fingerprint density at radius 1 is 1.32 bits per heavy atom. The van der Waals surface area contributed by atoms with Crippen LogP contribution in [0.1, 0.15) is 41.5 Å². The first-order valence-corrected chi connectivity index (χ1v) is 6.05. The number of anilines is 1. The molecule has 1 aromatic rings. The van der Waals surface area contributed by atoms with Gasteiger partial charge < -0.3 is 10.1 Å². The summed E-state index contributed by atoms with van der Waals surface area (Å²) in [7, 11) is 0. The van der Waals surface area contributed by atoms with Crippen LogP contribution in [0.2, 0.25) is 0 Å². The second-order valence-corrected chi connectivity index (χ2v) is 4.89. The maximum absolute atomic E-state index is 12.3. The van der Waals surface area contributed by atoms with Gasteiger partial charge in [-0.2, -0.15) is 0 Å². The van der Waals surface area contributed by atoms with Crippen molar-refractivity contribution in [2.24, 2.45) is 5.41 Å². The van der Waals surface area contributed by atoms with Crippen LogP contribution in [0.3, 0.4) is 0 Å². The van der Waals surface area contributed by atoms with E-state index in [1.807, 2.05) is 0 Å². The Morgan fingerprint density at radius 2 is 2.00 bits per heavy atom. The molecular weight excluding hydrogens is 246 g/mol. The highest BCUT2D eigenvalue weighted by Gasteiger charge is 2.41. The van der Waals surface area contributed by atoms with Crippen molar-refractivity contribution in [3.05, 3.63) is 29.3 Å². The molecule has 0 radical (unpaired) electrons. The van der Waals surface area contributed by atoms with Gasteiger partial charge in [0.25, 0.3) is 0 Å². The number of amides is 1. The zero-order valence-corrected chi connectivity index (χ0v) is 11.1. The predicted molar refractivity (Wildman–Crippen MR) is 69.1 cm³/mol. The molecule has 0 spiro atoms. The number of hydrogen-bond donors (Lipinski definition) is 1. The third-order valence-corrected chi connectivity index (χ3v) is 3.16. The van der Waals surface area contributed by atoms with Crippen molar-refractivity contribution < 1.29 is 19.1 Å². The van der Waals surface area contributed by atoms with Crippen LogP contribution in [0, 0.1) is 5.41 Å². The second-order valence-electron chi connectivity index (χ2n) is 4.89. The van der Waals surface area contributed by atoms with Crippen molar-refractivity contribution in [2.45, 2.75) is 20.8 Å². The van der Waals surface area contributed by atoms with Crippen molar-refractivity contribution in [1.82, 2.24) is 0 Å². The molecule has 1 amide bonds. The molecule has 5 heteroatoms. The van der Waals surface area contributed by atoms with Crippen molar-refractivity contribution in [3.8, 4) is 0 Å². The van der Waals surface area contributed by atoms with Crippen molar-refractivity contribution in [3.63, 3.8) is 0 Å². The molecule has 1 aliphatic heterocycles. The minimum atomic E-state index is -1.12. The van der Waals surface area contributed by atoms with E-state index in [9.17, 15) is 14.4 Å². The van der Waals surface area contributed by atoms with E-state index in [1.54, 1.807) is 26.8 Å². The highest BCUT2D eigenvalue weighted by Crippen LogP contribution is 2.33. The van der Waals surface area contributed by atoms with Gasteiger partial charge in [-0.25, -0.2) is 4.79 Å². The molecule has 0 unspecified atom stereocenters. The van der Waals surface area contributed by atoms with Crippen LogP contribution >= 0.6 is 0 Å². The van der Waals surface area contributed by atoms with E-state index < -0.39 is 11.4 Å². The maximum atomic E-state index is 12.3. The van der Waals surface area contributed by atoms with Crippen molar-refractivity contribution in [1.29, 1.82) is 0 Å². The molecule has 1 aliphatic rings. The Labute approximate surface area is 110 Å². The molecule has 0 atom stereocenters. The van der Waals surface area contributed by atoms with Crippen LogP contribution in [-0.4, -0.2) is 24.3 Å². The SMILES string of the molecule is CCOC(=O)c1ccc2c(c1)C(=O)C(C)(C)C(=O)N2. The molecule has 0 aromatic heterocycles. The van der Waals surface area contributed by atoms with Gasteiger partial charge in [0.05, 0.1) is 17.9 Å². The van der Waals surface area contributed by atoms with E-state index >= 15 is 0 Å². The fourth-order valence-corrected chi connectivity index (χ4v) is 1.90. The van der Waals surface area contributed by atoms with Gasteiger partial charge in [0.15, 0.2) is 5.78 Å². The first-order chi connectivity index (χ1) is 8.87. The van der Waals surface area contributed by atoms with Crippen LogP contribution < -0.4 is 5.32 Å². The van der Waals surface area contributed by atoms with E-state index in [0.717, 1.165) is 0 Å². The minimum Gasteiger partial charge on any atom is -0.462 e. The highest BCUT2D eigenvalue weighted by molar-refractivity contribution is 6.23. The fourth-order valence-electron chi connectivity index (χ4n) is 1.90. The molecular formula is C14H15NO4. The first-order valence-electron chi connectivity index (χ1n) is 6.05. The lowest BCUT2D eigenvalue weighted by molar-refractivity contribution is -0.122. The Bertz CT molecular complexity index is 575.